The Morgan fingerprint density at radius 1 is 1.29 bits per heavy atom. The second-order valence-corrected chi connectivity index (χ2v) is 6.40. The topological polar surface area (TPSA) is 69.8 Å². The molecule has 2 aliphatic rings. The molecule has 0 radical (unpaired) electrons. The third-order valence-corrected chi connectivity index (χ3v) is 4.77. The van der Waals surface area contributed by atoms with E-state index in [0.29, 0.717) is 24.4 Å². The van der Waals surface area contributed by atoms with Gasteiger partial charge in [-0.05, 0) is 49.8 Å². The second-order valence-electron chi connectivity index (χ2n) is 6.40. The number of rotatable bonds is 3. The van der Waals surface area contributed by atoms with Crippen molar-refractivity contribution in [2.45, 2.75) is 44.2 Å². The molecular weight excluding hydrogens is 264 g/mol. The molecule has 2 bridgehead atoms. The van der Waals surface area contributed by atoms with E-state index in [1.165, 1.54) is 12.8 Å². The minimum atomic E-state index is 0.129. The first kappa shape index (κ1) is 12.8. The van der Waals surface area contributed by atoms with Gasteiger partial charge in [-0.1, -0.05) is 0 Å². The van der Waals surface area contributed by atoms with Gasteiger partial charge >= 0.3 is 0 Å². The highest BCUT2D eigenvalue weighted by Crippen LogP contribution is 2.32. The molecule has 2 aromatic rings. The molecule has 0 spiro atoms. The lowest BCUT2D eigenvalue weighted by atomic mass is 9.89. The number of piperidine rings is 1. The zero-order chi connectivity index (χ0) is 14.2. The lowest BCUT2D eigenvalue weighted by molar-refractivity contribution is -0.117. The highest BCUT2D eigenvalue weighted by Gasteiger charge is 2.34. The van der Waals surface area contributed by atoms with Crippen LogP contribution in [0, 0.1) is 5.92 Å². The summed E-state index contributed by atoms with van der Waals surface area (Å²) in [6.07, 6.45) is 7.25. The van der Waals surface area contributed by atoms with Gasteiger partial charge in [0.25, 0.3) is 0 Å². The van der Waals surface area contributed by atoms with Gasteiger partial charge in [-0.2, -0.15) is 5.10 Å². The molecule has 3 N–H and O–H groups in total. The van der Waals surface area contributed by atoms with Crippen LogP contribution in [-0.4, -0.2) is 28.2 Å². The average molecular weight is 284 g/mol. The first-order valence-corrected chi connectivity index (χ1v) is 7.75. The van der Waals surface area contributed by atoms with Crippen molar-refractivity contribution < 1.29 is 4.79 Å². The second kappa shape index (κ2) is 5.15. The van der Waals surface area contributed by atoms with E-state index in [1.54, 1.807) is 6.20 Å². The highest BCUT2D eigenvalue weighted by molar-refractivity contribution is 5.93. The van der Waals surface area contributed by atoms with Crippen LogP contribution in [0.5, 0.6) is 0 Å². The number of carbonyl (C=O) groups is 1. The van der Waals surface area contributed by atoms with Crippen LogP contribution in [0.2, 0.25) is 0 Å². The fraction of sp³-hybridized carbons (Fsp3) is 0.500. The minimum Gasteiger partial charge on any atom is -0.326 e. The van der Waals surface area contributed by atoms with Gasteiger partial charge in [-0.25, -0.2) is 0 Å². The van der Waals surface area contributed by atoms with E-state index in [0.717, 1.165) is 29.4 Å². The van der Waals surface area contributed by atoms with Crippen LogP contribution in [0.25, 0.3) is 10.9 Å². The maximum absolute atomic E-state index is 12.2. The molecule has 1 aromatic heterocycles. The summed E-state index contributed by atoms with van der Waals surface area (Å²) in [5.74, 6) is 0.658. The minimum absolute atomic E-state index is 0.129. The van der Waals surface area contributed by atoms with E-state index in [1.807, 2.05) is 18.2 Å². The maximum Gasteiger partial charge on any atom is 0.224 e. The number of hydrogen-bond acceptors (Lipinski definition) is 3. The monoisotopic (exact) mass is 284 g/mol. The number of carbonyl (C=O) groups excluding carboxylic acids is 1. The van der Waals surface area contributed by atoms with Crippen molar-refractivity contribution in [3.8, 4) is 0 Å². The number of nitrogens with zero attached hydrogens (tertiary/aromatic N) is 1. The summed E-state index contributed by atoms with van der Waals surface area (Å²) >= 11 is 0. The Balaban J connectivity index is 1.39. The van der Waals surface area contributed by atoms with Crippen LogP contribution in [0.4, 0.5) is 5.69 Å². The molecule has 2 fully saturated rings. The number of hydrogen-bond donors (Lipinski definition) is 3. The summed E-state index contributed by atoms with van der Waals surface area (Å²) in [5, 5.41) is 14.6. The quantitative estimate of drug-likeness (QED) is 0.810. The Labute approximate surface area is 123 Å². The lowest BCUT2D eigenvalue weighted by Gasteiger charge is -2.28. The number of benzene rings is 1. The lowest BCUT2D eigenvalue weighted by Crippen LogP contribution is -2.39. The Morgan fingerprint density at radius 3 is 2.90 bits per heavy atom. The highest BCUT2D eigenvalue weighted by atomic mass is 16.1. The molecule has 2 saturated heterocycles. The van der Waals surface area contributed by atoms with Crippen molar-refractivity contribution in [1.82, 2.24) is 15.5 Å². The van der Waals surface area contributed by atoms with Gasteiger partial charge in [-0.3, -0.25) is 9.89 Å². The number of amides is 1. The zero-order valence-corrected chi connectivity index (χ0v) is 11.9. The molecular formula is C16H20N4O. The van der Waals surface area contributed by atoms with Crippen molar-refractivity contribution >= 4 is 22.5 Å². The van der Waals surface area contributed by atoms with E-state index >= 15 is 0 Å². The van der Waals surface area contributed by atoms with Gasteiger partial charge < -0.3 is 10.6 Å². The molecule has 5 nitrogen and oxygen atoms in total. The summed E-state index contributed by atoms with van der Waals surface area (Å²) < 4.78 is 0. The van der Waals surface area contributed by atoms with E-state index in [-0.39, 0.29) is 5.91 Å². The summed E-state index contributed by atoms with van der Waals surface area (Å²) in [4.78, 5) is 12.2. The van der Waals surface area contributed by atoms with Crippen LogP contribution in [-0.2, 0) is 4.79 Å². The number of aromatic nitrogens is 2. The van der Waals surface area contributed by atoms with Crippen LogP contribution in [0.1, 0.15) is 32.1 Å². The molecule has 0 saturated carbocycles. The predicted octanol–water partition coefficient (Wildman–Crippen LogP) is 2.42. The molecule has 1 amide bonds. The van der Waals surface area contributed by atoms with Crippen molar-refractivity contribution in [3.63, 3.8) is 0 Å². The molecule has 2 aliphatic heterocycles. The summed E-state index contributed by atoms with van der Waals surface area (Å²) in [6.45, 7) is 0. The average Bonchev–Trinajstić information content (AvgIpc) is 3.04. The van der Waals surface area contributed by atoms with Gasteiger partial charge in [0.15, 0.2) is 0 Å². The molecule has 5 heteroatoms. The standard InChI is InChI=1S/C16H20N4O/c21-16(7-10-5-12-1-2-13(6-10)18-12)19-14-3-4-15-11(8-14)9-17-20-15/h3-4,8-10,12-13,18H,1-2,5-7H2,(H,17,20)(H,19,21). The van der Waals surface area contributed by atoms with E-state index in [2.05, 4.69) is 20.8 Å². The first-order chi connectivity index (χ1) is 10.3. The molecule has 2 atom stereocenters. The predicted molar refractivity (Wildman–Crippen MR) is 82.0 cm³/mol. The zero-order valence-electron chi connectivity index (χ0n) is 11.9. The van der Waals surface area contributed by atoms with Crippen molar-refractivity contribution in [2.24, 2.45) is 5.92 Å². The smallest absolute Gasteiger partial charge is 0.224 e. The Kier molecular flexibility index (Phi) is 3.15. The van der Waals surface area contributed by atoms with Crippen molar-refractivity contribution in [2.75, 3.05) is 5.32 Å². The van der Waals surface area contributed by atoms with Crippen LogP contribution < -0.4 is 10.6 Å². The van der Waals surface area contributed by atoms with E-state index in [4.69, 9.17) is 0 Å². The molecule has 110 valence electrons. The summed E-state index contributed by atoms with van der Waals surface area (Å²) in [6, 6.07) is 7.11. The Morgan fingerprint density at radius 2 is 2.10 bits per heavy atom. The van der Waals surface area contributed by atoms with E-state index in [9.17, 15) is 4.79 Å². The third-order valence-electron chi connectivity index (χ3n) is 4.77. The Hall–Kier alpha value is -1.88. The first-order valence-electron chi connectivity index (χ1n) is 7.75. The molecule has 4 rings (SSSR count). The van der Waals surface area contributed by atoms with Crippen LogP contribution in [0.3, 0.4) is 0 Å². The number of H-pyrrole nitrogens is 1. The Bertz CT molecular complexity index is 653. The SMILES string of the molecule is O=C(CC1CC2CCC(C1)N2)Nc1ccc2[nH]ncc2c1. The van der Waals surface area contributed by atoms with Crippen LogP contribution in [0.15, 0.2) is 24.4 Å². The fourth-order valence-corrected chi connectivity index (χ4v) is 3.84. The number of nitrogens with one attached hydrogen (secondary N) is 3. The number of aromatic amines is 1. The van der Waals surface area contributed by atoms with Gasteiger partial charge in [0.1, 0.15) is 0 Å². The van der Waals surface area contributed by atoms with Crippen LogP contribution >= 0.6 is 0 Å². The number of anilines is 1. The third kappa shape index (κ3) is 2.65. The normalized spacial score (nSPS) is 27.9. The number of fused-ring (bicyclic) bond motifs is 3. The molecule has 3 heterocycles. The molecule has 0 aliphatic carbocycles. The fourth-order valence-electron chi connectivity index (χ4n) is 3.84. The summed E-state index contributed by atoms with van der Waals surface area (Å²) in [7, 11) is 0. The van der Waals surface area contributed by atoms with Gasteiger partial charge in [-0.15, -0.1) is 0 Å². The largest absolute Gasteiger partial charge is 0.326 e. The summed E-state index contributed by atoms with van der Waals surface area (Å²) in [5.41, 5.74) is 1.84. The maximum atomic E-state index is 12.2. The van der Waals surface area contributed by atoms with E-state index < -0.39 is 0 Å². The molecule has 2 unspecified atom stereocenters. The van der Waals surface area contributed by atoms with Gasteiger partial charge in [0.05, 0.1) is 11.7 Å². The van der Waals surface area contributed by atoms with Crippen molar-refractivity contribution in [3.05, 3.63) is 24.4 Å². The van der Waals surface area contributed by atoms with Gasteiger partial charge in [0, 0.05) is 29.6 Å². The van der Waals surface area contributed by atoms with Crippen molar-refractivity contribution in [1.29, 1.82) is 0 Å². The molecule has 21 heavy (non-hydrogen) atoms. The molecule has 1 aromatic carbocycles. The van der Waals surface area contributed by atoms with Gasteiger partial charge in [0.2, 0.25) is 5.91 Å².